The molecule has 0 amide bonds. The van der Waals surface area contributed by atoms with Gasteiger partial charge in [0, 0.05) is 22.6 Å². The van der Waals surface area contributed by atoms with Crippen molar-refractivity contribution in [3.63, 3.8) is 0 Å². The van der Waals surface area contributed by atoms with Gasteiger partial charge in [0.1, 0.15) is 0 Å². The third kappa shape index (κ3) is 2.23. The highest BCUT2D eigenvalue weighted by Gasteiger charge is 1.96. The van der Waals surface area contributed by atoms with Crippen molar-refractivity contribution in [1.82, 2.24) is 4.98 Å². The molecule has 0 atom stereocenters. The van der Waals surface area contributed by atoms with E-state index in [-0.39, 0.29) is 12.4 Å². The first kappa shape index (κ1) is 11.4. The average Bonchev–Trinajstić information content (AvgIpc) is 2.16. The van der Waals surface area contributed by atoms with Crippen LogP contribution in [0.15, 0.2) is 34.9 Å². The Morgan fingerprint density at radius 2 is 2.00 bits per heavy atom. The van der Waals surface area contributed by atoms with Crippen LogP contribution in [0.5, 0.6) is 0 Å². The maximum absolute atomic E-state index is 5.50. The summed E-state index contributed by atoms with van der Waals surface area (Å²) in [6.45, 7) is 0.489. The highest BCUT2D eigenvalue weighted by Crippen LogP contribution is 2.19. The maximum atomic E-state index is 5.50. The van der Waals surface area contributed by atoms with Gasteiger partial charge in [-0.25, -0.2) is 0 Å². The van der Waals surface area contributed by atoms with E-state index in [0.29, 0.717) is 6.54 Å². The Morgan fingerprint density at radius 3 is 2.71 bits per heavy atom. The van der Waals surface area contributed by atoms with Crippen LogP contribution in [-0.4, -0.2) is 4.98 Å². The molecule has 74 valence electrons. The van der Waals surface area contributed by atoms with Crippen LogP contribution >= 0.6 is 28.3 Å². The summed E-state index contributed by atoms with van der Waals surface area (Å²) in [6.07, 6.45) is 1.85. The Balaban J connectivity index is 0.000000980. The summed E-state index contributed by atoms with van der Waals surface area (Å²) in [4.78, 5) is 4.21. The summed E-state index contributed by atoms with van der Waals surface area (Å²) in [7, 11) is 0. The summed E-state index contributed by atoms with van der Waals surface area (Å²) in [5, 5.41) is 2.31. The van der Waals surface area contributed by atoms with Gasteiger partial charge in [0.05, 0.1) is 5.69 Å². The fraction of sp³-hybridized carbons (Fsp3) is 0.100. The molecular formula is C10H10BrClN2. The number of pyridine rings is 1. The molecule has 0 aliphatic heterocycles. The number of fused-ring (bicyclic) bond motifs is 1. The predicted molar refractivity (Wildman–Crippen MR) is 64.6 cm³/mol. The molecule has 1 heterocycles. The van der Waals surface area contributed by atoms with Gasteiger partial charge in [0.15, 0.2) is 0 Å². The number of benzene rings is 1. The summed E-state index contributed by atoms with van der Waals surface area (Å²) < 4.78 is 1.08. The lowest BCUT2D eigenvalue weighted by atomic mass is 10.1. The standard InChI is InChI=1S/C10H9BrN2.ClH/c11-9-2-1-7-6-13-10(5-12)4-8(7)3-9;/h1-4,6H,5,12H2;1H. The number of rotatable bonds is 1. The first-order valence-corrected chi connectivity index (χ1v) is 4.83. The fourth-order valence-electron chi connectivity index (χ4n) is 1.27. The van der Waals surface area contributed by atoms with Crippen LogP contribution in [0.4, 0.5) is 0 Å². The largest absolute Gasteiger partial charge is 0.325 e. The minimum atomic E-state index is 0. The molecule has 0 unspecified atom stereocenters. The van der Waals surface area contributed by atoms with Gasteiger partial charge in [-0.05, 0) is 23.6 Å². The quantitative estimate of drug-likeness (QED) is 0.868. The lowest BCUT2D eigenvalue weighted by molar-refractivity contribution is 0.998. The Bertz CT molecular complexity index is 445. The van der Waals surface area contributed by atoms with Gasteiger partial charge in [-0.1, -0.05) is 22.0 Å². The van der Waals surface area contributed by atoms with E-state index in [4.69, 9.17) is 5.73 Å². The van der Waals surface area contributed by atoms with Gasteiger partial charge in [-0.15, -0.1) is 12.4 Å². The molecule has 0 radical (unpaired) electrons. The highest BCUT2D eigenvalue weighted by atomic mass is 79.9. The lowest BCUT2D eigenvalue weighted by Crippen LogP contribution is -1.98. The van der Waals surface area contributed by atoms with Crippen molar-refractivity contribution in [1.29, 1.82) is 0 Å². The number of hydrogen-bond acceptors (Lipinski definition) is 2. The lowest BCUT2D eigenvalue weighted by Gasteiger charge is -2.00. The number of halogens is 2. The zero-order chi connectivity index (χ0) is 9.26. The van der Waals surface area contributed by atoms with Crippen molar-refractivity contribution < 1.29 is 0 Å². The van der Waals surface area contributed by atoms with Crippen LogP contribution in [0.1, 0.15) is 5.69 Å². The molecule has 1 aromatic heterocycles. The molecule has 2 aromatic rings. The SMILES string of the molecule is Cl.NCc1cc2cc(Br)ccc2cn1. The van der Waals surface area contributed by atoms with Crippen molar-refractivity contribution in [2.24, 2.45) is 5.73 Å². The molecule has 0 aliphatic rings. The van der Waals surface area contributed by atoms with Crippen LogP contribution < -0.4 is 5.73 Å². The third-order valence-electron chi connectivity index (χ3n) is 1.95. The number of nitrogens with two attached hydrogens (primary N) is 1. The molecule has 0 bridgehead atoms. The molecule has 0 saturated heterocycles. The van der Waals surface area contributed by atoms with E-state index < -0.39 is 0 Å². The predicted octanol–water partition coefficient (Wildman–Crippen LogP) is 2.88. The second kappa shape index (κ2) is 4.73. The van der Waals surface area contributed by atoms with Gasteiger partial charge < -0.3 is 5.73 Å². The fourth-order valence-corrected chi connectivity index (χ4v) is 1.65. The third-order valence-corrected chi connectivity index (χ3v) is 2.44. The minimum Gasteiger partial charge on any atom is -0.325 e. The molecule has 0 fully saturated rings. The van der Waals surface area contributed by atoms with E-state index in [2.05, 4.69) is 27.0 Å². The smallest absolute Gasteiger partial charge is 0.0545 e. The van der Waals surface area contributed by atoms with E-state index in [9.17, 15) is 0 Å². The van der Waals surface area contributed by atoms with Crippen molar-refractivity contribution in [2.45, 2.75) is 6.54 Å². The molecular weight excluding hydrogens is 263 g/mol. The van der Waals surface area contributed by atoms with Gasteiger partial charge >= 0.3 is 0 Å². The second-order valence-corrected chi connectivity index (χ2v) is 3.79. The minimum absolute atomic E-state index is 0. The Morgan fingerprint density at radius 1 is 1.21 bits per heavy atom. The molecule has 2 rings (SSSR count). The Hall–Kier alpha value is -0.640. The molecule has 0 spiro atoms. The zero-order valence-corrected chi connectivity index (χ0v) is 9.81. The van der Waals surface area contributed by atoms with Crippen molar-refractivity contribution >= 4 is 39.1 Å². The zero-order valence-electron chi connectivity index (χ0n) is 7.40. The molecule has 2 N–H and O–H groups in total. The molecule has 14 heavy (non-hydrogen) atoms. The molecule has 0 saturated carbocycles. The normalized spacial score (nSPS) is 9.86. The summed E-state index contributed by atoms with van der Waals surface area (Å²) in [5.41, 5.74) is 6.43. The van der Waals surface area contributed by atoms with Crippen LogP contribution in [0.3, 0.4) is 0 Å². The van der Waals surface area contributed by atoms with E-state index in [0.717, 1.165) is 15.6 Å². The first-order chi connectivity index (χ1) is 6.29. The number of aromatic nitrogens is 1. The van der Waals surface area contributed by atoms with E-state index in [1.807, 2.05) is 24.4 Å². The van der Waals surface area contributed by atoms with E-state index in [1.165, 1.54) is 5.39 Å². The Labute approximate surface area is 97.1 Å². The van der Waals surface area contributed by atoms with Gasteiger partial charge in [-0.3, -0.25) is 4.98 Å². The molecule has 4 heteroatoms. The average molecular weight is 274 g/mol. The second-order valence-electron chi connectivity index (χ2n) is 2.87. The summed E-state index contributed by atoms with van der Waals surface area (Å²) in [5.74, 6) is 0. The molecule has 1 aromatic carbocycles. The maximum Gasteiger partial charge on any atom is 0.0545 e. The van der Waals surface area contributed by atoms with Gasteiger partial charge in [-0.2, -0.15) is 0 Å². The van der Waals surface area contributed by atoms with Crippen LogP contribution in [0.2, 0.25) is 0 Å². The Kier molecular flexibility index (Phi) is 3.86. The van der Waals surface area contributed by atoms with E-state index in [1.54, 1.807) is 0 Å². The summed E-state index contributed by atoms with van der Waals surface area (Å²) in [6, 6.07) is 8.12. The van der Waals surface area contributed by atoms with Crippen LogP contribution in [0, 0.1) is 0 Å². The highest BCUT2D eigenvalue weighted by molar-refractivity contribution is 9.10. The molecule has 0 aliphatic carbocycles. The number of nitrogens with zero attached hydrogens (tertiary/aromatic N) is 1. The summed E-state index contributed by atoms with van der Waals surface area (Å²) >= 11 is 3.43. The van der Waals surface area contributed by atoms with Crippen LogP contribution in [0.25, 0.3) is 10.8 Å². The van der Waals surface area contributed by atoms with Crippen LogP contribution in [-0.2, 0) is 6.54 Å². The topological polar surface area (TPSA) is 38.9 Å². The van der Waals surface area contributed by atoms with Gasteiger partial charge in [0.2, 0.25) is 0 Å². The van der Waals surface area contributed by atoms with E-state index >= 15 is 0 Å². The number of hydrogen-bond donors (Lipinski definition) is 1. The van der Waals surface area contributed by atoms with Gasteiger partial charge in [0.25, 0.3) is 0 Å². The van der Waals surface area contributed by atoms with Crippen molar-refractivity contribution in [2.75, 3.05) is 0 Å². The van der Waals surface area contributed by atoms with Crippen molar-refractivity contribution in [3.8, 4) is 0 Å². The first-order valence-electron chi connectivity index (χ1n) is 4.04. The van der Waals surface area contributed by atoms with Crippen molar-refractivity contribution in [3.05, 3.63) is 40.6 Å². The monoisotopic (exact) mass is 272 g/mol. The molecule has 2 nitrogen and oxygen atoms in total.